The monoisotopic (exact) mass is 311 g/mol. The molecule has 0 unspecified atom stereocenters. The fourth-order valence-electron chi connectivity index (χ4n) is 3.06. The summed E-state index contributed by atoms with van der Waals surface area (Å²) in [5.74, 6) is 1.90. The minimum Gasteiger partial charge on any atom is -0.497 e. The van der Waals surface area contributed by atoms with Crippen LogP contribution in [0.3, 0.4) is 0 Å². The van der Waals surface area contributed by atoms with E-state index in [0.29, 0.717) is 6.04 Å². The maximum atomic E-state index is 5.32. The first-order valence-corrected chi connectivity index (χ1v) is 8.16. The van der Waals surface area contributed by atoms with Crippen LogP contribution in [0.1, 0.15) is 36.7 Å². The van der Waals surface area contributed by atoms with Crippen LogP contribution in [0.2, 0.25) is 0 Å². The van der Waals surface area contributed by atoms with Gasteiger partial charge in [-0.1, -0.05) is 18.2 Å². The van der Waals surface area contributed by atoms with Gasteiger partial charge in [0, 0.05) is 13.1 Å². The summed E-state index contributed by atoms with van der Waals surface area (Å²) in [4.78, 5) is 2.40. The second-order valence-electron chi connectivity index (χ2n) is 6.22. The number of rotatable bonds is 5. The molecule has 0 spiro atoms. The Morgan fingerprint density at radius 1 is 1.30 bits per heavy atom. The molecule has 0 atom stereocenters. The number of ether oxygens (including phenoxy) is 1. The second-order valence-corrected chi connectivity index (χ2v) is 6.22. The highest BCUT2D eigenvalue weighted by Gasteiger charge is 2.28. The van der Waals surface area contributed by atoms with E-state index in [1.54, 1.807) is 7.11 Å². The first-order valence-electron chi connectivity index (χ1n) is 8.16. The van der Waals surface area contributed by atoms with Gasteiger partial charge in [0.05, 0.1) is 19.7 Å². The third-order valence-electron chi connectivity index (χ3n) is 4.55. The van der Waals surface area contributed by atoms with Crippen molar-refractivity contribution in [2.45, 2.75) is 31.8 Å². The molecule has 0 bridgehead atoms. The molecule has 6 heteroatoms. The van der Waals surface area contributed by atoms with Crippen LogP contribution in [0.25, 0.3) is 5.57 Å². The summed E-state index contributed by atoms with van der Waals surface area (Å²) in [6.07, 6.45) is 5.76. The van der Waals surface area contributed by atoms with E-state index in [2.05, 4.69) is 38.6 Å². The lowest BCUT2D eigenvalue weighted by molar-refractivity contribution is 0.279. The van der Waals surface area contributed by atoms with Crippen molar-refractivity contribution in [2.24, 2.45) is 0 Å². The third-order valence-corrected chi connectivity index (χ3v) is 4.55. The molecule has 1 aliphatic heterocycles. The van der Waals surface area contributed by atoms with Gasteiger partial charge < -0.3 is 4.74 Å². The van der Waals surface area contributed by atoms with Gasteiger partial charge in [-0.15, -0.1) is 5.10 Å². The Morgan fingerprint density at radius 3 is 2.96 bits per heavy atom. The summed E-state index contributed by atoms with van der Waals surface area (Å²) in [6.45, 7) is 2.79. The van der Waals surface area contributed by atoms with Crippen LogP contribution < -0.4 is 4.74 Å². The highest BCUT2D eigenvalue weighted by atomic mass is 16.5. The number of hydrogen-bond acceptors (Lipinski definition) is 5. The van der Waals surface area contributed by atoms with Crippen molar-refractivity contribution in [3.63, 3.8) is 0 Å². The number of tetrazole rings is 1. The van der Waals surface area contributed by atoms with Gasteiger partial charge in [0.25, 0.3) is 0 Å². The van der Waals surface area contributed by atoms with Crippen molar-refractivity contribution in [1.82, 2.24) is 25.1 Å². The lowest BCUT2D eigenvalue weighted by atomic mass is 9.99. The first-order chi connectivity index (χ1) is 11.3. The summed E-state index contributed by atoms with van der Waals surface area (Å²) < 4.78 is 7.32. The molecule has 0 amide bonds. The average molecular weight is 311 g/mol. The normalized spacial score (nSPS) is 18.7. The molecule has 23 heavy (non-hydrogen) atoms. The van der Waals surface area contributed by atoms with E-state index in [1.807, 2.05) is 16.8 Å². The van der Waals surface area contributed by atoms with Gasteiger partial charge in [-0.2, -0.15) is 0 Å². The van der Waals surface area contributed by atoms with Gasteiger partial charge in [-0.05, 0) is 53.0 Å². The predicted octanol–water partition coefficient (Wildman–Crippen LogP) is 2.31. The molecule has 1 saturated carbocycles. The maximum absolute atomic E-state index is 5.32. The number of methoxy groups -OCH3 is 1. The molecule has 0 N–H and O–H groups in total. The lowest BCUT2D eigenvalue weighted by Gasteiger charge is -2.26. The van der Waals surface area contributed by atoms with E-state index in [-0.39, 0.29) is 0 Å². The zero-order chi connectivity index (χ0) is 15.6. The molecule has 2 heterocycles. The molecular formula is C17H21N5O. The molecular weight excluding hydrogens is 290 g/mol. The Hall–Kier alpha value is -2.21. The summed E-state index contributed by atoms with van der Waals surface area (Å²) >= 11 is 0. The fourth-order valence-corrected chi connectivity index (χ4v) is 3.06. The van der Waals surface area contributed by atoms with Gasteiger partial charge >= 0.3 is 0 Å². The summed E-state index contributed by atoms with van der Waals surface area (Å²) in [6, 6.07) is 8.82. The highest BCUT2D eigenvalue weighted by molar-refractivity contribution is 5.67. The van der Waals surface area contributed by atoms with Crippen LogP contribution in [-0.2, 0) is 6.54 Å². The Balaban J connectivity index is 1.43. The fraction of sp³-hybridized carbons (Fsp3) is 0.471. The molecule has 120 valence electrons. The zero-order valence-electron chi connectivity index (χ0n) is 13.4. The van der Waals surface area contributed by atoms with E-state index in [1.165, 1.54) is 24.0 Å². The van der Waals surface area contributed by atoms with Crippen molar-refractivity contribution >= 4 is 5.57 Å². The van der Waals surface area contributed by atoms with Crippen LogP contribution in [-0.4, -0.2) is 45.3 Å². The van der Waals surface area contributed by atoms with Crippen LogP contribution in [0.5, 0.6) is 5.75 Å². The van der Waals surface area contributed by atoms with E-state index < -0.39 is 0 Å². The Labute approximate surface area is 135 Å². The third kappa shape index (κ3) is 3.12. The summed E-state index contributed by atoms with van der Waals surface area (Å²) in [7, 11) is 1.71. The summed E-state index contributed by atoms with van der Waals surface area (Å²) in [5.41, 5.74) is 2.65. The zero-order valence-corrected chi connectivity index (χ0v) is 13.4. The molecule has 0 saturated heterocycles. The van der Waals surface area contributed by atoms with E-state index >= 15 is 0 Å². The van der Waals surface area contributed by atoms with Gasteiger partial charge in [-0.25, -0.2) is 4.68 Å². The molecule has 2 aromatic rings. The largest absolute Gasteiger partial charge is 0.497 e. The van der Waals surface area contributed by atoms with Gasteiger partial charge in [0.1, 0.15) is 5.75 Å². The predicted molar refractivity (Wildman–Crippen MR) is 87.0 cm³/mol. The molecule has 6 nitrogen and oxygen atoms in total. The molecule has 1 aromatic carbocycles. The Morgan fingerprint density at radius 2 is 2.22 bits per heavy atom. The SMILES string of the molecule is COc1cccc(C2=CCN(Cc3nnnn3C3CC3)CC2)c1. The topological polar surface area (TPSA) is 56.1 Å². The standard InChI is InChI=1S/C17H21N5O/c1-23-16-4-2-3-14(11-16)13-7-9-21(10-8-13)12-17-18-19-20-22(17)15-5-6-15/h2-4,7,11,15H,5-6,8-10,12H2,1H3. The number of benzene rings is 1. The molecule has 2 aliphatic rings. The molecule has 4 rings (SSSR count). The van der Waals surface area contributed by atoms with E-state index in [9.17, 15) is 0 Å². The van der Waals surface area contributed by atoms with Crippen molar-refractivity contribution in [2.75, 3.05) is 20.2 Å². The Kier molecular flexibility index (Phi) is 3.83. The molecule has 1 aliphatic carbocycles. The quantitative estimate of drug-likeness (QED) is 0.848. The van der Waals surface area contributed by atoms with Crippen molar-refractivity contribution in [3.8, 4) is 5.75 Å². The number of hydrogen-bond donors (Lipinski definition) is 0. The minimum atomic E-state index is 0.535. The smallest absolute Gasteiger partial charge is 0.165 e. The second kappa shape index (κ2) is 6.12. The van der Waals surface area contributed by atoms with Crippen molar-refractivity contribution in [1.29, 1.82) is 0 Å². The van der Waals surface area contributed by atoms with Gasteiger partial charge in [0.15, 0.2) is 5.82 Å². The van der Waals surface area contributed by atoms with Crippen LogP contribution in [0.4, 0.5) is 0 Å². The molecule has 0 radical (unpaired) electrons. The summed E-state index contributed by atoms with van der Waals surface area (Å²) in [5, 5.41) is 12.2. The van der Waals surface area contributed by atoms with Crippen LogP contribution >= 0.6 is 0 Å². The number of aromatic nitrogens is 4. The van der Waals surface area contributed by atoms with E-state index in [0.717, 1.165) is 37.6 Å². The van der Waals surface area contributed by atoms with Gasteiger partial charge in [0.2, 0.25) is 0 Å². The maximum Gasteiger partial charge on any atom is 0.165 e. The first kappa shape index (κ1) is 14.4. The van der Waals surface area contributed by atoms with Crippen LogP contribution in [0.15, 0.2) is 30.3 Å². The van der Waals surface area contributed by atoms with Crippen molar-refractivity contribution in [3.05, 3.63) is 41.7 Å². The Bertz CT molecular complexity index is 719. The minimum absolute atomic E-state index is 0.535. The number of nitrogens with zero attached hydrogens (tertiary/aromatic N) is 5. The highest BCUT2D eigenvalue weighted by Crippen LogP contribution is 2.34. The molecule has 1 aromatic heterocycles. The van der Waals surface area contributed by atoms with E-state index in [4.69, 9.17) is 4.74 Å². The molecule has 1 fully saturated rings. The van der Waals surface area contributed by atoms with Crippen LogP contribution in [0, 0.1) is 0 Å². The lowest BCUT2D eigenvalue weighted by Crippen LogP contribution is -2.29. The average Bonchev–Trinajstić information content (AvgIpc) is 3.35. The van der Waals surface area contributed by atoms with Gasteiger partial charge in [-0.3, -0.25) is 4.90 Å². The van der Waals surface area contributed by atoms with Crippen molar-refractivity contribution < 1.29 is 4.74 Å².